The number of imide groups is 1. The lowest BCUT2D eigenvalue weighted by molar-refractivity contribution is -0.139. The van der Waals surface area contributed by atoms with Gasteiger partial charge in [0.1, 0.15) is 12.6 Å². The second kappa shape index (κ2) is 8.34. The van der Waals surface area contributed by atoms with Gasteiger partial charge in [-0.2, -0.15) is 0 Å². The first-order valence-corrected chi connectivity index (χ1v) is 9.55. The van der Waals surface area contributed by atoms with E-state index in [4.69, 9.17) is 0 Å². The summed E-state index contributed by atoms with van der Waals surface area (Å²) < 4.78 is 0. The van der Waals surface area contributed by atoms with Gasteiger partial charge in [0, 0.05) is 19.0 Å². The minimum Gasteiger partial charge on any atom is -0.338 e. The number of nitrogens with one attached hydrogen (secondary N) is 1. The van der Waals surface area contributed by atoms with Crippen molar-refractivity contribution in [2.45, 2.75) is 57.5 Å². The highest BCUT2D eigenvalue weighted by molar-refractivity contribution is 6.06. The highest BCUT2D eigenvalue weighted by Crippen LogP contribution is 2.23. The molecule has 26 heavy (non-hydrogen) atoms. The van der Waals surface area contributed by atoms with Gasteiger partial charge < -0.3 is 10.2 Å². The second-order valence-electron chi connectivity index (χ2n) is 7.09. The van der Waals surface area contributed by atoms with Crippen molar-refractivity contribution >= 4 is 17.8 Å². The highest BCUT2D eigenvalue weighted by Gasteiger charge is 2.40. The molecule has 1 N–H and O–H groups in total. The van der Waals surface area contributed by atoms with Gasteiger partial charge in [-0.3, -0.25) is 14.5 Å². The zero-order valence-electron chi connectivity index (χ0n) is 15.3. The van der Waals surface area contributed by atoms with Crippen molar-refractivity contribution in [2.24, 2.45) is 0 Å². The number of carbonyl (C=O) groups excluding carboxylic acids is 3. The summed E-state index contributed by atoms with van der Waals surface area (Å²) in [5.41, 5.74) is 0.983. The van der Waals surface area contributed by atoms with Gasteiger partial charge in [-0.15, -0.1) is 0 Å². The molecule has 1 aliphatic carbocycles. The van der Waals surface area contributed by atoms with Crippen molar-refractivity contribution < 1.29 is 14.4 Å². The summed E-state index contributed by atoms with van der Waals surface area (Å²) in [6.45, 7) is 2.40. The van der Waals surface area contributed by atoms with Crippen molar-refractivity contribution in [3.05, 3.63) is 35.9 Å². The molecule has 1 atom stereocenters. The zero-order valence-corrected chi connectivity index (χ0v) is 15.3. The van der Waals surface area contributed by atoms with E-state index < -0.39 is 12.1 Å². The van der Waals surface area contributed by atoms with Crippen molar-refractivity contribution in [1.29, 1.82) is 0 Å². The fourth-order valence-corrected chi connectivity index (χ4v) is 3.97. The van der Waals surface area contributed by atoms with Crippen molar-refractivity contribution in [2.75, 3.05) is 13.1 Å². The fraction of sp³-hybridized carbons (Fsp3) is 0.550. The molecule has 0 unspecified atom stereocenters. The van der Waals surface area contributed by atoms with E-state index >= 15 is 0 Å². The number of carbonyl (C=O) groups is 3. The van der Waals surface area contributed by atoms with E-state index in [1.165, 1.54) is 6.42 Å². The van der Waals surface area contributed by atoms with Gasteiger partial charge in [-0.25, -0.2) is 4.79 Å². The third-order valence-corrected chi connectivity index (χ3v) is 5.36. The Hall–Kier alpha value is -2.37. The summed E-state index contributed by atoms with van der Waals surface area (Å²) in [4.78, 5) is 40.5. The molecule has 1 aromatic rings. The number of nitrogens with zero attached hydrogens (tertiary/aromatic N) is 2. The number of rotatable bonds is 6. The van der Waals surface area contributed by atoms with E-state index in [1.807, 2.05) is 42.2 Å². The lowest BCUT2D eigenvalue weighted by atomic mass is 9.94. The number of likely N-dealkylation sites (N-methyl/N-ethyl adjacent to an activating group) is 1. The van der Waals surface area contributed by atoms with Gasteiger partial charge in [-0.05, 0) is 25.3 Å². The summed E-state index contributed by atoms with van der Waals surface area (Å²) in [6.07, 6.45) is 5.95. The molecular formula is C20H27N3O3. The normalized spacial score (nSPS) is 21.0. The summed E-state index contributed by atoms with van der Waals surface area (Å²) in [6, 6.07) is 8.74. The van der Waals surface area contributed by atoms with Crippen molar-refractivity contribution in [1.82, 2.24) is 15.1 Å². The van der Waals surface area contributed by atoms with Crippen LogP contribution in [0.1, 0.15) is 44.6 Å². The van der Waals surface area contributed by atoms with Gasteiger partial charge in [0.2, 0.25) is 5.91 Å². The van der Waals surface area contributed by atoms with Gasteiger partial charge in [0.15, 0.2) is 0 Å². The molecule has 0 radical (unpaired) electrons. The Balaban J connectivity index is 1.62. The van der Waals surface area contributed by atoms with E-state index in [0.717, 1.165) is 36.1 Å². The quantitative estimate of drug-likeness (QED) is 0.795. The highest BCUT2D eigenvalue weighted by atomic mass is 16.2. The molecule has 140 valence electrons. The molecule has 1 aromatic carbocycles. The van der Waals surface area contributed by atoms with Crippen LogP contribution in [-0.2, 0) is 16.0 Å². The summed E-state index contributed by atoms with van der Waals surface area (Å²) in [5, 5.41) is 2.71. The number of hydrogen-bond acceptors (Lipinski definition) is 3. The van der Waals surface area contributed by atoms with E-state index in [0.29, 0.717) is 13.0 Å². The first-order valence-electron chi connectivity index (χ1n) is 9.55. The van der Waals surface area contributed by atoms with Crippen LogP contribution < -0.4 is 5.32 Å². The molecule has 0 aromatic heterocycles. The summed E-state index contributed by atoms with van der Waals surface area (Å²) in [5.74, 6) is -0.449. The summed E-state index contributed by atoms with van der Waals surface area (Å²) in [7, 11) is 0. The van der Waals surface area contributed by atoms with Gasteiger partial charge in [0.25, 0.3) is 5.91 Å². The standard InChI is InChI=1S/C20H27N3O3/c1-2-22(16-11-7-4-8-12-16)18(24)14-23-19(25)17(21-20(23)26)13-15-9-5-3-6-10-15/h3,5-6,9-10,16-17H,2,4,7-8,11-14H2,1H3,(H,21,26)/t17-/m0/s1. The molecular weight excluding hydrogens is 330 g/mol. The van der Waals surface area contributed by atoms with Crippen LogP contribution in [0.2, 0.25) is 0 Å². The monoisotopic (exact) mass is 357 g/mol. The Morgan fingerprint density at radius 3 is 2.50 bits per heavy atom. The van der Waals surface area contributed by atoms with Crippen LogP contribution in [0.25, 0.3) is 0 Å². The third kappa shape index (κ3) is 4.06. The van der Waals surface area contributed by atoms with Crippen LogP contribution in [0.5, 0.6) is 0 Å². The Morgan fingerprint density at radius 2 is 1.85 bits per heavy atom. The number of hydrogen-bond donors (Lipinski definition) is 1. The van der Waals surface area contributed by atoms with Crippen LogP contribution in [0.4, 0.5) is 4.79 Å². The molecule has 1 aliphatic heterocycles. The first kappa shape index (κ1) is 18.4. The van der Waals surface area contributed by atoms with Gasteiger partial charge in [0.05, 0.1) is 0 Å². The van der Waals surface area contributed by atoms with E-state index in [9.17, 15) is 14.4 Å². The van der Waals surface area contributed by atoms with Crippen LogP contribution in [-0.4, -0.2) is 52.8 Å². The third-order valence-electron chi connectivity index (χ3n) is 5.36. The number of benzene rings is 1. The number of urea groups is 1. The Bertz CT molecular complexity index is 656. The Morgan fingerprint density at radius 1 is 1.15 bits per heavy atom. The van der Waals surface area contributed by atoms with Crippen LogP contribution in [0.3, 0.4) is 0 Å². The molecule has 2 fully saturated rings. The topological polar surface area (TPSA) is 69.7 Å². The smallest absolute Gasteiger partial charge is 0.325 e. The fourth-order valence-electron chi connectivity index (χ4n) is 3.97. The average Bonchev–Trinajstić information content (AvgIpc) is 2.91. The average molecular weight is 357 g/mol. The Labute approximate surface area is 154 Å². The van der Waals surface area contributed by atoms with Crippen LogP contribution >= 0.6 is 0 Å². The minimum absolute atomic E-state index is 0.136. The SMILES string of the molecule is CCN(C(=O)CN1C(=O)N[C@@H](Cc2ccccc2)C1=O)C1CCCCC1. The van der Waals surface area contributed by atoms with Gasteiger partial charge >= 0.3 is 6.03 Å². The number of amides is 4. The molecule has 0 spiro atoms. The van der Waals surface area contributed by atoms with Crippen LogP contribution in [0, 0.1) is 0 Å². The van der Waals surface area contributed by atoms with Crippen molar-refractivity contribution in [3.63, 3.8) is 0 Å². The van der Waals surface area contributed by atoms with Crippen LogP contribution in [0.15, 0.2) is 30.3 Å². The molecule has 1 saturated carbocycles. The molecule has 6 nitrogen and oxygen atoms in total. The van der Waals surface area contributed by atoms with Gasteiger partial charge in [-0.1, -0.05) is 49.6 Å². The van der Waals surface area contributed by atoms with Crippen molar-refractivity contribution in [3.8, 4) is 0 Å². The largest absolute Gasteiger partial charge is 0.338 e. The molecule has 6 heteroatoms. The van der Waals surface area contributed by atoms with E-state index in [1.54, 1.807) is 0 Å². The second-order valence-corrected chi connectivity index (χ2v) is 7.09. The minimum atomic E-state index is -0.595. The first-order chi connectivity index (χ1) is 12.6. The molecule has 2 aliphatic rings. The summed E-state index contributed by atoms with van der Waals surface area (Å²) >= 11 is 0. The predicted molar refractivity (Wildman–Crippen MR) is 98.4 cm³/mol. The maximum absolute atomic E-state index is 12.7. The predicted octanol–water partition coefficient (Wildman–Crippen LogP) is 2.33. The molecule has 3 rings (SSSR count). The lowest BCUT2D eigenvalue weighted by Crippen LogP contribution is -2.47. The zero-order chi connectivity index (χ0) is 18.5. The maximum atomic E-state index is 12.7. The maximum Gasteiger partial charge on any atom is 0.325 e. The molecule has 1 heterocycles. The van der Waals surface area contributed by atoms with E-state index in [2.05, 4.69) is 5.32 Å². The van der Waals surface area contributed by atoms with E-state index in [-0.39, 0.29) is 24.4 Å². The molecule has 1 saturated heterocycles. The molecule has 4 amide bonds. The lowest BCUT2D eigenvalue weighted by Gasteiger charge is -2.34. The molecule has 0 bridgehead atoms. The Kier molecular flexibility index (Phi) is 5.91.